The van der Waals surface area contributed by atoms with Gasteiger partial charge in [-0.25, -0.2) is 9.18 Å². The molecule has 0 aromatic heterocycles. The lowest BCUT2D eigenvalue weighted by Crippen LogP contribution is -2.53. The molecule has 0 spiro atoms. The van der Waals surface area contributed by atoms with Crippen LogP contribution in [0.3, 0.4) is 0 Å². The van der Waals surface area contributed by atoms with Crippen LogP contribution in [-0.2, 0) is 9.59 Å². The number of nitrogens with one attached hydrogen (secondary N) is 1. The lowest BCUT2D eigenvalue weighted by Gasteiger charge is -2.36. The lowest BCUT2D eigenvalue weighted by molar-refractivity contribution is -0.145. The maximum absolute atomic E-state index is 13.1. The fraction of sp³-hybridized carbons (Fsp3) is 0.400. The number of likely N-dealkylation sites (tertiary alicyclic amines) is 1. The number of carboxylic acids is 1. The molecule has 0 radical (unpaired) electrons. The minimum absolute atomic E-state index is 0.0110. The summed E-state index contributed by atoms with van der Waals surface area (Å²) < 4.78 is 13.1. The molecular weight excluding hydrogens is 327 g/mol. The summed E-state index contributed by atoms with van der Waals surface area (Å²) in [4.78, 5) is 36.9. The second-order valence-corrected chi connectivity index (χ2v) is 5.73. The topological polar surface area (TPSA) is 86.7 Å². The molecular formula is C15H16ClFN2O4. The molecule has 1 saturated heterocycles. The maximum Gasteiger partial charge on any atom is 0.326 e. The molecule has 2 N–H and O–H groups in total. The Morgan fingerprint density at radius 3 is 2.61 bits per heavy atom. The van der Waals surface area contributed by atoms with E-state index in [0.29, 0.717) is 6.42 Å². The molecule has 8 heteroatoms. The number of halogens is 2. The van der Waals surface area contributed by atoms with Crippen molar-refractivity contribution >= 4 is 29.4 Å². The molecule has 124 valence electrons. The fourth-order valence-electron chi connectivity index (χ4n) is 2.69. The van der Waals surface area contributed by atoms with Gasteiger partial charge >= 0.3 is 5.97 Å². The molecule has 1 fully saturated rings. The first kappa shape index (κ1) is 17.2. The molecule has 1 heterocycles. The Bertz CT molecular complexity index is 652. The van der Waals surface area contributed by atoms with Crippen LogP contribution in [-0.4, -0.2) is 47.4 Å². The van der Waals surface area contributed by atoms with Crippen molar-refractivity contribution in [1.29, 1.82) is 0 Å². The smallest absolute Gasteiger partial charge is 0.326 e. The van der Waals surface area contributed by atoms with Gasteiger partial charge in [-0.1, -0.05) is 11.6 Å². The number of rotatable bonds is 3. The number of aliphatic carboxylic acids is 1. The van der Waals surface area contributed by atoms with Crippen LogP contribution in [0.25, 0.3) is 0 Å². The molecule has 1 aromatic rings. The molecule has 1 aliphatic heterocycles. The van der Waals surface area contributed by atoms with Crippen molar-refractivity contribution < 1.29 is 23.9 Å². The van der Waals surface area contributed by atoms with Crippen LogP contribution < -0.4 is 5.32 Å². The molecule has 2 amide bonds. The van der Waals surface area contributed by atoms with Gasteiger partial charge in [0.15, 0.2) is 0 Å². The van der Waals surface area contributed by atoms with E-state index in [1.807, 2.05) is 0 Å². The van der Waals surface area contributed by atoms with E-state index in [1.165, 1.54) is 13.1 Å². The summed E-state index contributed by atoms with van der Waals surface area (Å²) in [5.41, 5.74) is 0.0110. The highest BCUT2D eigenvalue weighted by atomic mass is 35.5. The Labute approximate surface area is 137 Å². The summed E-state index contributed by atoms with van der Waals surface area (Å²) in [6.45, 7) is -0.0246. The number of nitrogens with zero attached hydrogens (tertiary/aromatic N) is 1. The molecule has 2 atom stereocenters. The third-order valence-corrected chi connectivity index (χ3v) is 4.22. The van der Waals surface area contributed by atoms with Crippen molar-refractivity contribution in [3.05, 3.63) is 34.6 Å². The highest BCUT2D eigenvalue weighted by Gasteiger charge is 2.38. The van der Waals surface area contributed by atoms with Gasteiger partial charge in [-0.2, -0.15) is 0 Å². The largest absolute Gasteiger partial charge is 0.480 e. The fourth-order valence-corrected chi connectivity index (χ4v) is 2.94. The van der Waals surface area contributed by atoms with Crippen molar-refractivity contribution in [3.8, 4) is 0 Å². The molecule has 0 bridgehead atoms. The van der Waals surface area contributed by atoms with E-state index >= 15 is 0 Å². The van der Waals surface area contributed by atoms with E-state index in [1.54, 1.807) is 0 Å². The zero-order chi connectivity index (χ0) is 17.1. The predicted molar refractivity (Wildman–Crippen MR) is 80.7 cm³/mol. The van der Waals surface area contributed by atoms with Crippen molar-refractivity contribution in [1.82, 2.24) is 10.2 Å². The summed E-state index contributed by atoms with van der Waals surface area (Å²) >= 11 is 5.88. The summed E-state index contributed by atoms with van der Waals surface area (Å²) in [6, 6.07) is 2.24. The molecule has 1 aromatic carbocycles. The van der Waals surface area contributed by atoms with E-state index < -0.39 is 29.7 Å². The number of piperidine rings is 1. The Morgan fingerprint density at radius 1 is 1.35 bits per heavy atom. The molecule has 1 aliphatic rings. The monoisotopic (exact) mass is 342 g/mol. The summed E-state index contributed by atoms with van der Waals surface area (Å²) in [6.07, 6.45) is 0.537. The van der Waals surface area contributed by atoms with Crippen molar-refractivity contribution in [2.24, 2.45) is 5.92 Å². The molecule has 0 aliphatic carbocycles. The van der Waals surface area contributed by atoms with Gasteiger partial charge in [0.05, 0.1) is 16.5 Å². The molecule has 0 unspecified atom stereocenters. The van der Waals surface area contributed by atoms with Crippen LogP contribution >= 0.6 is 11.6 Å². The summed E-state index contributed by atoms with van der Waals surface area (Å²) in [5, 5.41) is 11.7. The molecule has 2 rings (SSSR count). The third-order valence-electron chi connectivity index (χ3n) is 3.91. The van der Waals surface area contributed by atoms with Crippen LogP contribution in [0.15, 0.2) is 18.2 Å². The summed E-state index contributed by atoms with van der Waals surface area (Å²) in [5.74, 6) is -3.11. The van der Waals surface area contributed by atoms with E-state index in [-0.39, 0.29) is 29.5 Å². The van der Waals surface area contributed by atoms with Crippen LogP contribution in [0, 0.1) is 11.7 Å². The number of hydrogen-bond donors (Lipinski definition) is 2. The average Bonchev–Trinajstić information content (AvgIpc) is 2.52. The van der Waals surface area contributed by atoms with Gasteiger partial charge in [-0.05, 0) is 31.0 Å². The molecule has 6 nitrogen and oxygen atoms in total. The average molecular weight is 343 g/mol. The normalized spacial score (nSPS) is 20.9. The SMILES string of the molecule is CNC(=O)[C@H]1CC[C@@H](C(=O)O)N(C(=O)c2ccc(F)cc2Cl)C1. The Hall–Kier alpha value is -2.15. The van der Waals surface area contributed by atoms with Gasteiger partial charge in [0.1, 0.15) is 11.9 Å². The maximum atomic E-state index is 13.1. The number of carbonyl (C=O) groups is 3. The van der Waals surface area contributed by atoms with Crippen LogP contribution in [0.1, 0.15) is 23.2 Å². The van der Waals surface area contributed by atoms with Crippen LogP contribution in [0.4, 0.5) is 4.39 Å². The van der Waals surface area contributed by atoms with Gasteiger partial charge in [0.2, 0.25) is 5.91 Å². The van der Waals surface area contributed by atoms with E-state index in [2.05, 4.69) is 5.32 Å². The van der Waals surface area contributed by atoms with Crippen molar-refractivity contribution in [3.63, 3.8) is 0 Å². The van der Waals surface area contributed by atoms with E-state index in [0.717, 1.165) is 17.0 Å². The lowest BCUT2D eigenvalue weighted by atomic mass is 9.91. The predicted octanol–water partition coefficient (Wildman–Crippen LogP) is 1.53. The Morgan fingerprint density at radius 2 is 2.04 bits per heavy atom. The van der Waals surface area contributed by atoms with Gasteiger partial charge in [-0.15, -0.1) is 0 Å². The second kappa shape index (κ2) is 6.95. The first-order chi connectivity index (χ1) is 10.8. The standard InChI is InChI=1S/C15H16ClFN2O4/c1-18-13(20)8-2-5-12(15(22)23)19(7-8)14(21)10-4-3-9(17)6-11(10)16/h3-4,6,8,12H,2,5,7H2,1H3,(H,18,20)(H,22,23)/t8-,12-/m0/s1. The third kappa shape index (κ3) is 3.61. The van der Waals surface area contributed by atoms with E-state index in [4.69, 9.17) is 11.6 Å². The highest BCUT2D eigenvalue weighted by Crippen LogP contribution is 2.27. The van der Waals surface area contributed by atoms with Gasteiger partial charge in [0, 0.05) is 13.6 Å². The quantitative estimate of drug-likeness (QED) is 0.872. The van der Waals surface area contributed by atoms with Crippen LogP contribution in [0.5, 0.6) is 0 Å². The zero-order valence-corrected chi connectivity index (χ0v) is 13.1. The van der Waals surface area contributed by atoms with Crippen molar-refractivity contribution in [2.75, 3.05) is 13.6 Å². The number of carbonyl (C=O) groups excluding carboxylic acids is 2. The first-order valence-electron chi connectivity index (χ1n) is 7.05. The highest BCUT2D eigenvalue weighted by molar-refractivity contribution is 6.33. The number of hydrogen-bond acceptors (Lipinski definition) is 3. The van der Waals surface area contributed by atoms with E-state index in [9.17, 15) is 23.9 Å². The van der Waals surface area contributed by atoms with Gasteiger partial charge in [0.25, 0.3) is 5.91 Å². The first-order valence-corrected chi connectivity index (χ1v) is 7.43. The molecule has 23 heavy (non-hydrogen) atoms. The van der Waals surface area contributed by atoms with Gasteiger partial charge < -0.3 is 15.3 Å². The minimum atomic E-state index is -1.15. The number of benzene rings is 1. The number of amides is 2. The number of carboxylic acid groups (broad SMARTS) is 1. The Kier molecular flexibility index (Phi) is 5.20. The summed E-state index contributed by atoms with van der Waals surface area (Å²) in [7, 11) is 1.48. The van der Waals surface area contributed by atoms with Gasteiger partial charge in [-0.3, -0.25) is 9.59 Å². The Balaban J connectivity index is 2.31. The molecule has 0 saturated carbocycles. The second-order valence-electron chi connectivity index (χ2n) is 5.32. The zero-order valence-electron chi connectivity index (χ0n) is 12.4. The minimum Gasteiger partial charge on any atom is -0.480 e. The van der Waals surface area contributed by atoms with Crippen molar-refractivity contribution in [2.45, 2.75) is 18.9 Å². The van der Waals surface area contributed by atoms with Crippen LogP contribution in [0.2, 0.25) is 5.02 Å².